The Kier molecular flexibility index (Phi) is 6.53. The quantitative estimate of drug-likeness (QED) is 0.781. The van der Waals surface area contributed by atoms with Crippen molar-refractivity contribution in [3.63, 3.8) is 0 Å². The van der Waals surface area contributed by atoms with Crippen LogP contribution in [0.2, 0.25) is 0 Å². The van der Waals surface area contributed by atoms with Crippen LogP contribution in [0.3, 0.4) is 0 Å². The zero-order valence-corrected chi connectivity index (χ0v) is 17.4. The van der Waals surface area contributed by atoms with E-state index in [2.05, 4.69) is 15.0 Å². The van der Waals surface area contributed by atoms with E-state index in [0.29, 0.717) is 35.8 Å². The van der Waals surface area contributed by atoms with Crippen molar-refractivity contribution in [3.8, 4) is 5.75 Å². The van der Waals surface area contributed by atoms with Gasteiger partial charge in [-0.15, -0.1) is 0 Å². The number of aryl methyl sites for hydroxylation is 1. The van der Waals surface area contributed by atoms with Crippen LogP contribution < -0.4 is 14.8 Å². The van der Waals surface area contributed by atoms with E-state index in [0.717, 1.165) is 24.8 Å². The molecule has 1 aliphatic heterocycles. The van der Waals surface area contributed by atoms with Crippen LogP contribution in [0.5, 0.6) is 5.75 Å². The molecule has 0 aromatic heterocycles. The summed E-state index contributed by atoms with van der Waals surface area (Å²) in [7, 11) is -2.20. The number of hydrogen-bond donors (Lipinski definition) is 2. The number of benzene rings is 2. The molecule has 0 saturated heterocycles. The fraction of sp³-hybridized carbons (Fsp3) is 0.333. The van der Waals surface area contributed by atoms with E-state index >= 15 is 0 Å². The van der Waals surface area contributed by atoms with Crippen molar-refractivity contribution in [2.24, 2.45) is 4.99 Å². The number of carbonyl (C=O) groups is 1. The van der Waals surface area contributed by atoms with Gasteiger partial charge in [0.1, 0.15) is 11.6 Å². The molecule has 0 unspecified atom stereocenters. The van der Waals surface area contributed by atoms with E-state index in [-0.39, 0.29) is 10.8 Å². The number of ether oxygens (including phenoxy) is 1. The number of aliphatic imine (C=N–C) groups is 1. The summed E-state index contributed by atoms with van der Waals surface area (Å²) < 4.78 is 33.0. The van der Waals surface area contributed by atoms with Gasteiger partial charge in [-0.3, -0.25) is 14.5 Å². The first-order valence-electron chi connectivity index (χ1n) is 9.51. The van der Waals surface area contributed by atoms with Crippen molar-refractivity contribution < 1.29 is 17.9 Å². The first-order valence-corrected chi connectivity index (χ1v) is 11.0. The number of nitrogens with zero attached hydrogens (tertiary/aromatic N) is 1. The average molecular weight is 416 g/mol. The Morgan fingerprint density at radius 2 is 1.83 bits per heavy atom. The SMILES string of the molecule is COc1ccc(C)cc1C(=O)Nc1ccc(S(=O)(=O)NC2=NCCCCC2)cc1. The lowest BCUT2D eigenvalue weighted by Crippen LogP contribution is -2.30. The maximum absolute atomic E-state index is 12.6. The molecule has 2 aromatic carbocycles. The molecule has 1 heterocycles. The third-order valence-electron chi connectivity index (χ3n) is 4.65. The molecule has 0 aliphatic carbocycles. The van der Waals surface area contributed by atoms with Gasteiger partial charge in [0.2, 0.25) is 0 Å². The van der Waals surface area contributed by atoms with Crippen LogP contribution in [0.15, 0.2) is 52.4 Å². The third-order valence-corrected chi connectivity index (χ3v) is 6.05. The highest BCUT2D eigenvalue weighted by molar-refractivity contribution is 7.90. The molecule has 0 saturated carbocycles. The van der Waals surface area contributed by atoms with Crippen molar-refractivity contribution in [1.29, 1.82) is 0 Å². The average Bonchev–Trinajstić information content (AvgIpc) is 2.96. The van der Waals surface area contributed by atoms with E-state index in [1.54, 1.807) is 24.3 Å². The van der Waals surface area contributed by atoms with E-state index in [4.69, 9.17) is 4.74 Å². The zero-order valence-electron chi connectivity index (χ0n) is 16.6. The molecule has 3 rings (SSSR count). The Labute approximate surface area is 171 Å². The molecule has 8 heteroatoms. The highest BCUT2D eigenvalue weighted by Gasteiger charge is 2.18. The number of sulfonamides is 1. The highest BCUT2D eigenvalue weighted by atomic mass is 32.2. The van der Waals surface area contributed by atoms with Gasteiger partial charge in [-0.05, 0) is 56.2 Å². The summed E-state index contributed by atoms with van der Waals surface area (Å²) in [5.74, 6) is 0.652. The van der Waals surface area contributed by atoms with Gasteiger partial charge in [0.15, 0.2) is 0 Å². The van der Waals surface area contributed by atoms with Crippen LogP contribution >= 0.6 is 0 Å². The lowest BCUT2D eigenvalue weighted by atomic mass is 10.1. The van der Waals surface area contributed by atoms with Gasteiger partial charge < -0.3 is 10.1 Å². The molecular formula is C21H25N3O4S. The highest BCUT2D eigenvalue weighted by Crippen LogP contribution is 2.22. The van der Waals surface area contributed by atoms with E-state index in [1.165, 1.54) is 19.2 Å². The molecule has 29 heavy (non-hydrogen) atoms. The summed E-state index contributed by atoms with van der Waals surface area (Å²) in [5.41, 5.74) is 1.84. The molecule has 1 amide bonds. The smallest absolute Gasteiger partial charge is 0.262 e. The number of hydrogen-bond acceptors (Lipinski definition) is 5. The maximum atomic E-state index is 12.6. The van der Waals surface area contributed by atoms with Gasteiger partial charge in [0, 0.05) is 18.7 Å². The lowest BCUT2D eigenvalue weighted by molar-refractivity contribution is 0.102. The van der Waals surface area contributed by atoms with Crippen LogP contribution in [-0.2, 0) is 10.0 Å². The lowest BCUT2D eigenvalue weighted by Gasteiger charge is -2.12. The van der Waals surface area contributed by atoms with E-state index in [1.807, 2.05) is 13.0 Å². The minimum Gasteiger partial charge on any atom is -0.496 e. The third kappa shape index (κ3) is 5.35. The minimum atomic E-state index is -3.70. The Hall–Kier alpha value is -2.87. The molecule has 0 bridgehead atoms. The number of anilines is 1. The van der Waals surface area contributed by atoms with Gasteiger partial charge in [0.05, 0.1) is 17.6 Å². The Morgan fingerprint density at radius 1 is 1.07 bits per heavy atom. The molecular weight excluding hydrogens is 390 g/mol. The number of amides is 1. The zero-order chi connectivity index (χ0) is 20.9. The minimum absolute atomic E-state index is 0.121. The molecule has 2 aromatic rings. The molecule has 0 spiro atoms. The second-order valence-electron chi connectivity index (χ2n) is 6.93. The van der Waals surface area contributed by atoms with E-state index < -0.39 is 10.0 Å². The molecule has 0 fully saturated rings. The van der Waals surface area contributed by atoms with Gasteiger partial charge in [-0.1, -0.05) is 18.1 Å². The number of rotatable bonds is 5. The fourth-order valence-corrected chi connectivity index (χ4v) is 4.18. The second kappa shape index (κ2) is 9.09. The molecule has 154 valence electrons. The Bertz CT molecular complexity index is 1010. The molecule has 0 atom stereocenters. The predicted octanol–water partition coefficient (Wildman–Crippen LogP) is 3.51. The molecule has 0 radical (unpaired) electrons. The topological polar surface area (TPSA) is 96.9 Å². The summed E-state index contributed by atoms with van der Waals surface area (Å²) >= 11 is 0. The normalized spacial score (nSPS) is 14.5. The van der Waals surface area contributed by atoms with Crippen molar-refractivity contribution in [3.05, 3.63) is 53.6 Å². The van der Waals surface area contributed by atoms with Gasteiger partial charge in [0.25, 0.3) is 15.9 Å². The van der Waals surface area contributed by atoms with Crippen LogP contribution in [0.1, 0.15) is 41.6 Å². The summed E-state index contributed by atoms with van der Waals surface area (Å²) in [4.78, 5) is 17.0. The Balaban J connectivity index is 1.72. The van der Waals surface area contributed by atoms with Crippen LogP contribution in [0, 0.1) is 6.92 Å². The Morgan fingerprint density at radius 3 is 2.55 bits per heavy atom. The van der Waals surface area contributed by atoms with E-state index in [9.17, 15) is 13.2 Å². The van der Waals surface area contributed by atoms with Gasteiger partial charge in [-0.25, -0.2) is 8.42 Å². The summed E-state index contributed by atoms with van der Waals surface area (Å²) in [6.45, 7) is 2.53. The first-order chi connectivity index (χ1) is 13.9. The standard InChI is InChI=1S/C21H25N3O4S/c1-15-7-12-19(28-2)18(14-15)21(25)23-16-8-10-17(11-9-16)29(26,27)24-20-6-4-3-5-13-22-20/h7-12,14H,3-6,13H2,1-2H3,(H,22,24)(H,23,25). The number of nitrogens with one attached hydrogen (secondary N) is 2. The van der Waals surface area contributed by atoms with Crippen molar-refractivity contribution in [1.82, 2.24) is 4.72 Å². The predicted molar refractivity (Wildman–Crippen MR) is 113 cm³/mol. The van der Waals surface area contributed by atoms with Crippen molar-refractivity contribution in [2.75, 3.05) is 19.0 Å². The molecule has 2 N–H and O–H groups in total. The monoisotopic (exact) mass is 415 g/mol. The van der Waals surface area contributed by atoms with Gasteiger partial charge >= 0.3 is 0 Å². The summed E-state index contributed by atoms with van der Waals surface area (Å²) in [6.07, 6.45) is 3.58. The second-order valence-corrected chi connectivity index (χ2v) is 8.61. The van der Waals surface area contributed by atoms with Crippen LogP contribution in [-0.4, -0.2) is 33.8 Å². The van der Waals surface area contributed by atoms with Gasteiger partial charge in [-0.2, -0.15) is 0 Å². The largest absolute Gasteiger partial charge is 0.496 e. The number of carbonyl (C=O) groups excluding carboxylic acids is 1. The van der Waals surface area contributed by atoms with Crippen LogP contribution in [0.25, 0.3) is 0 Å². The van der Waals surface area contributed by atoms with Crippen LogP contribution in [0.4, 0.5) is 5.69 Å². The number of amidine groups is 1. The van der Waals surface area contributed by atoms with Crippen molar-refractivity contribution >= 4 is 27.5 Å². The number of methoxy groups -OCH3 is 1. The molecule has 7 nitrogen and oxygen atoms in total. The maximum Gasteiger partial charge on any atom is 0.262 e. The molecule has 1 aliphatic rings. The first kappa shape index (κ1) is 20.9. The fourth-order valence-electron chi connectivity index (χ4n) is 3.09. The van der Waals surface area contributed by atoms with Crippen molar-refractivity contribution in [2.45, 2.75) is 37.5 Å². The summed E-state index contributed by atoms with van der Waals surface area (Å²) in [6, 6.07) is 11.4. The summed E-state index contributed by atoms with van der Waals surface area (Å²) in [5, 5.41) is 2.77.